The van der Waals surface area contributed by atoms with Crippen LogP contribution in [0.2, 0.25) is 5.02 Å². The van der Waals surface area contributed by atoms with Gasteiger partial charge in [-0.2, -0.15) is 0 Å². The molecule has 114 valence electrons. The van der Waals surface area contributed by atoms with Crippen LogP contribution in [0.15, 0.2) is 23.1 Å². The van der Waals surface area contributed by atoms with E-state index in [1.807, 2.05) is 6.92 Å². The topological polar surface area (TPSA) is 75.6 Å². The van der Waals surface area contributed by atoms with E-state index in [0.29, 0.717) is 23.6 Å². The third-order valence-corrected chi connectivity index (χ3v) is 4.71. The van der Waals surface area contributed by atoms with Crippen LogP contribution in [0, 0.1) is 0 Å². The normalized spacial score (nSPS) is 13.4. The van der Waals surface area contributed by atoms with E-state index < -0.39 is 10.0 Å². The average Bonchev–Trinajstić information content (AvgIpc) is 2.39. The van der Waals surface area contributed by atoms with E-state index in [0.717, 1.165) is 6.42 Å². The quantitative estimate of drug-likeness (QED) is 0.767. The van der Waals surface area contributed by atoms with Gasteiger partial charge in [-0.15, -0.1) is 0 Å². The van der Waals surface area contributed by atoms with E-state index >= 15 is 0 Å². The highest BCUT2D eigenvalue weighted by molar-refractivity contribution is 7.89. The summed E-state index contributed by atoms with van der Waals surface area (Å²) < 4.78 is 32.2. The van der Waals surface area contributed by atoms with Gasteiger partial charge >= 0.3 is 0 Å². The van der Waals surface area contributed by atoms with Gasteiger partial charge in [-0.05, 0) is 30.2 Å². The molecule has 0 aromatic heterocycles. The summed E-state index contributed by atoms with van der Waals surface area (Å²) in [6.07, 6.45) is 1.53. The van der Waals surface area contributed by atoms with Gasteiger partial charge in [-0.1, -0.05) is 24.9 Å². The van der Waals surface area contributed by atoms with Gasteiger partial charge in [-0.3, -0.25) is 0 Å². The molecule has 0 aliphatic heterocycles. The number of methoxy groups -OCH3 is 1. The molecule has 0 spiro atoms. The molecule has 2 N–H and O–H groups in total. The van der Waals surface area contributed by atoms with Gasteiger partial charge in [0.1, 0.15) is 0 Å². The molecule has 5 nitrogen and oxygen atoms in total. The molecular weight excluding hydrogens is 302 g/mol. The van der Waals surface area contributed by atoms with Crippen LogP contribution in [0.25, 0.3) is 0 Å². The molecule has 0 aliphatic carbocycles. The number of hydrogen-bond donors (Lipinski definition) is 2. The number of aliphatic hydroxyl groups excluding tert-OH is 1. The van der Waals surface area contributed by atoms with Gasteiger partial charge in [0.2, 0.25) is 10.0 Å². The van der Waals surface area contributed by atoms with Crippen LogP contribution < -0.4 is 4.72 Å². The molecule has 0 heterocycles. The Kier molecular flexibility index (Phi) is 6.91. The fraction of sp³-hybridized carbons (Fsp3) is 0.538. The molecule has 0 saturated carbocycles. The van der Waals surface area contributed by atoms with Crippen molar-refractivity contribution in [2.24, 2.45) is 0 Å². The highest BCUT2D eigenvalue weighted by Crippen LogP contribution is 2.20. The van der Waals surface area contributed by atoms with Crippen LogP contribution in [0.1, 0.15) is 25.3 Å². The largest absolute Gasteiger partial charge is 0.392 e. The highest BCUT2D eigenvalue weighted by atomic mass is 35.5. The van der Waals surface area contributed by atoms with Crippen LogP contribution in [-0.2, 0) is 21.4 Å². The number of benzene rings is 1. The molecule has 0 aliphatic rings. The summed E-state index contributed by atoms with van der Waals surface area (Å²) >= 11 is 5.86. The van der Waals surface area contributed by atoms with Gasteiger partial charge < -0.3 is 9.84 Å². The minimum Gasteiger partial charge on any atom is -0.392 e. The van der Waals surface area contributed by atoms with E-state index in [4.69, 9.17) is 21.4 Å². The van der Waals surface area contributed by atoms with E-state index in [-0.39, 0.29) is 17.5 Å². The second-order valence-corrected chi connectivity index (χ2v) is 6.59. The first-order valence-corrected chi connectivity index (χ1v) is 8.21. The summed E-state index contributed by atoms with van der Waals surface area (Å²) in [7, 11) is -2.12. The summed E-state index contributed by atoms with van der Waals surface area (Å²) in [5.41, 5.74) is 0.383. The molecule has 1 atom stereocenters. The lowest BCUT2D eigenvalue weighted by molar-refractivity contribution is 0.171. The minimum absolute atomic E-state index is 0.0863. The van der Waals surface area contributed by atoms with Crippen molar-refractivity contribution in [1.29, 1.82) is 0 Å². The van der Waals surface area contributed by atoms with Crippen LogP contribution >= 0.6 is 11.6 Å². The van der Waals surface area contributed by atoms with Crippen molar-refractivity contribution in [2.45, 2.75) is 37.3 Å². The predicted molar refractivity (Wildman–Crippen MR) is 78.3 cm³/mol. The van der Waals surface area contributed by atoms with Gasteiger partial charge in [0, 0.05) is 18.2 Å². The van der Waals surface area contributed by atoms with E-state index in [9.17, 15) is 8.42 Å². The van der Waals surface area contributed by atoms with Crippen molar-refractivity contribution in [2.75, 3.05) is 13.7 Å². The molecule has 1 aromatic rings. The van der Waals surface area contributed by atoms with Gasteiger partial charge in [0.05, 0.1) is 18.1 Å². The summed E-state index contributed by atoms with van der Waals surface area (Å²) in [4.78, 5) is 0.0863. The summed E-state index contributed by atoms with van der Waals surface area (Å²) in [5, 5.41) is 9.48. The van der Waals surface area contributed by atoms with Crippen molar-refractivity contribution >= 4 is 21.6 Å². The molecular formula is C13H20ClNO4S. The molecule has 7 heteroatoms. The first-order chi connectivity index (χ1) is 9.44. The lowest BCUT2D eigenvalue weighted by atomic mass is 10.2. The Morgan fingerprint density at radius 3 is 2.70 bits per heavy atom. The Hall–Kier alpha value is -0.660. The molecule has 0 amide bonds. The second kappa shape index (κ2) is 7.95. The Labute approximate surface area is 125 Å². The Morgan fingerprint density at radius 2 is 2.15 bits per heavy atom. The van der Waals surface area contributed by atoms with Crippen molar-refractivity contribution in [3.63, 3.8) is 0 Å². The minimum atomic E-state index is -3.65. The average molecular weight is 322 g/mol. The molecule has 1 unspecified atom stereocenters. The molecule has 1 rings (SSSR count). The number of ether oxygens (including phenoxy) is 1. The second-order valence-electron chi connectivity index (χ2n) is 4.47. The molecule has 0 bridgehead atoms. The monoisotopic (exact) mass is 321 g/mol. The number of sulfonamides is 1. The molecule has 20 heavy (non-hydrogen) atoms. The number of hydrogen-bond acceptors (Lipinski definition) is 4. The molecule has 0 radical (unpaired) electrons. The summed E-state index contributed by atoms with van der Waals surface area (Å²) in [6, 6.07) is 3.98. The maximum Gasteiger partial charge on any atom is 0.240 e. The van der Waals surface area contributed by atoms with E-state index in [1.54, 1.807) is 0 Å². The SMILES string of the molecule is CCCC(COC)NS(=O)(=O)c1ccc(Cl)c(CO)c1. The van der Waals surface area contributed by atoms with Gasteiger partial charge in [0.15, 0.2) is 0 Å². The zero-order chi connectivity index (χ0) is 15.2. The predicted octanol–water partition coefficient (Wildman–Crippen LogP) is 1.93. The van der Waals surface area contributed by atoms with Crippen molar-refractivity contribution in [1.82, 2.24) is 4.72 Å². The maximum atomic E-state index is 12.3. The van der Waals surface area contributed by atoms with Crippen molar-refractivity contribution in [3.05, 3.63) is 28.8 Å². The Morgan fingerprint density at radius 1 is 1.45 bits per heavy atom. The molecule has 0 saturated heterocycles. The highest BCUT2D eigenvalue weighted by Gasteiger charge is 2.20. The Balaban J connectivity index is 2.97. The first-order valence-electron chi connectivity index (χ1n) is 6.35. The summed E-state index contributed by atoms with van der Waals surface area (Å²) in [6.45, 7) is 1.98. The van der Waals surface area contributed by atoms with Gasteiger partial charge in [0.25, 0.3) is 0 Å². The maximum absolute atomic E-state index is 12.3. The van der Waals surface area contributed by atoms with Crippen LogP contribution in [0.5, 0.6) is 0 Å². The Bertz CT molecular complexity index is 527. The van der Waals surface area contributed by atoms with E-state index in [2.05, 4.69) is 4.72 Å². The summed E-state index contributed by atoms with van der Waals surface area (Å²) in [5.74, 6) is 0. The third kappa shape index (κ3) is 4.71. The number of nitrogens with one attached hydrogen (secondary N) is 1. The molecule has 0 fully saturated rings. The number of halogens is 1. The lowest BCUT2D eigenvalue weighted by Crippen LogP contribution is -2.37. The third-order valence-electron chi connectivity index (χ3n) is 2.82. The fourth-order valence-electron chi connectivity index (χ4n) is 1.85. The number of aliphatic hydroxyl groups is 1. The van der Waals surface area contributed by atoms with Gasteiger partial charge in [-0.25, -0.2) is 13.1 Å². The number of rotatable bonds is 8. The smallest absolute Gasteiger partial charge is 0.240 e. The van der Waals surface area contributed by atoms with Crippen LogP contribution in [0.3, 0.4) is 0 Å². The van der Waals surface area contributed by atoms with Crippen LogP contribution in [0.4, 0.5) is 0 Å². The van der Waals surface area contributed by atoms with Crippen LogP contribution in [-0.4, -0.2) is 33.3 Å². The first kappa shape index (κ1) is 17.4. The standard InChI is InChI=1S/C13H20ClNO4S/c1-3-4-11(9-19-2)15-20(17,18)12-5-6-13(14)10(7-12)8-16/h5-7,11,15-16H,3-4,8-9H2,1-2H3. The lowest BCUT2D eigenvalue weighted by Gasteiger charge is -2.17. The fourth-order valence-corrected chi connectivity index (χ4v) is 3.34. The van der Waals surface area contributed by atoms with Crippen molar-refractivity contribution < 1.29 is 18.3 Å². The zero-order valence-corrected chi connectivity index (χ0v) is 13.2. The van der Waals surface area contributed by atoms with E-state index in [1.165, 1.54) is 25.3 Å². The van der Waals surface area contributed by atoms with Crippen molar-refractivity contribution in [3.8, 4) is 0 Å². The zero-order valence-electron chi connectivity index (χ0n) is 11.6. The molecule has 1 aromatic carbocycles.